The van der Waals surface area contributed by atoms with E-state index in [1.807, 2.05) is 6.92 Å². The summed E-state index contributed by atoms with van der Waals surface area (Å²) in [5.41, 5.74) is 0. The average molecular weight is 287 g/mol. The summed E-state index contributed by atoms with van der Waals surface area (Å²) in [6.45, 7) is 10.0. The summed E-state index contributed by atoms with van der Waals surface area (Å²) in [4.78, 5) is 10.7. The highest BCUT2D eigenvalue weighted by Crippen LogP contribution is 2.23. The van der Waals surface area contributed by atoms with Crippen LogP contribution in [-0.4, -0.2) is 42.8 Å². The normalized spacial score (nSPS) is 10.5. The van der Waals surface area contributed by atoms with Gasteiger partial charge in [-0.3, -0.25) is 0 Å². The van der Waals surface area contributed by atoms with E-state index in [9.17, 15) is 0 Å². The van der Waals surface area contributed by atoms with Crippen LogP contribution in [0.25, 0.3) is 0 Å². The van der Waals surface area contributed by atoms with Crippen LogP contribution in [0.15, 0.2) is 6.20 Å². The summed E-state index contributed by atoms with van der Waals surface area (Å²) in [5, 5.41) is 3.74. The molecule has 5 nitrogen and oxygen atoms in total. The standard InChI is InChI=1S/C13H23ClN4O/c1-4-7-15-13-16-10-11(14)12(17-13)18(5-2)8-9-19-6-3/h10H,4-9H2,1-3H3,(H,15,16,17). The highest BCUT2D eigenvalue weighted by molar-refractivity contribution is 6.32. The van der Waals surface area contributed by atoms with Gasteiger partial charge in [0.2, 0.25) is 5.95 Å². The summed E-state index contributed by atoms with van der Waals surface area (Å²) in [7, 11) is 0. The molecule has 0 unspecified atom stereocenters. The van der Waals surface area contributed by atoms with Crippen molar-refractivity contribution in [1.82, 2.24) is 9.97 Å². The van der Waals surface area contributed by atoms with Gasteiger partial charge in [-0.15, -0.1) is 0 Å². The number of nitrogens with one attached hydrogen (secondary N) is 1. The van der Waals surface area contributed by atoms with E-state index in [0.717, 1.165) is 38.5 Å². The SMILES string of the molecule is CCCNc1ncc(Cl)c(N(CC)CCOCC)n1. The van der Waals surface area contributed by atoms with Crippen molar-refractivity contribution in [2.45, 2.75) is 27.2 Å². The lowest BCUT2D eigenvalue weighted by Gasteiger charge is -2.23. The molecule has 108 valence electrons. The molecular formula is C13H23ClN4O. The van der Waals surface area contributed by atoms with Crippen LogP contribution in [0.5, 0.6) is 0 Å². The largest absolute Gasteiger partial charge is 0.380 e. The second-order valence-corrected chi connectivity index (χ2v) is 4.48. The predicted octanol–water partition coefficient (Wildman–Crippen LogP) is 2.81. The first kappa shape index (κ1) is 16.0. The number of halogens is 1. The molecule has 0 aliphatic heterocycles. The zero-order valence-corrected chi connectivity index (χ0v) is 12.7. The van der Waals surface area contributed by atoms with Crippen molar-refractivity contribution in [3.63, 3.8) is 0 Å². The molecule has 0 spiro atoms. The van der Waals surface area contributed by atoms with Crippen LogP contribution in [0.3, 0.4) is 0 Å². The topological polar surface area (TPSA) is 50.3 Å². The summed E-state index contributed by atoms with van der Waals surface area (Å²) in [6, 6.07) is 0. The highest BCUT2D eigenvalue weighted by atomic mass is 35.5. The van der Waals surface area contributed by atoms with Gasteiger partial charge in [0.25, 0.3) is 0 Å². The molecule has 1 rings (SSSR count). The number of aromatic nitrogens is 2. The predicted molar refractivity (Wildman–Crippen MR) is 80.2 cm³/mol. The first-order valence-electron chi connectivity index (χ1n) is 6.81. The second-order valence-electron chi connectivity index (χ2n) is 4.07. The Morgan fingerprint density at radius 2 is 2.16 bits per heavy atom. The van der Waals surface area contributed by atoms with Gasteiger partial charge in [-0.2, -0.15) is 4.98 Å². The fourth-order valence-corrected chi connectivity index (χ4v) is 1.85. The Morgan fingerprint density at radius 1 is 1.37 bits per heavy atom. The molecule has 0 saturated carbocycles. The minimum Gasteiger partial charge on any atom is -0.380 e. The highest BCUT2D eigenvalue weighted by Gasteiger charge is 2.12. The summed E-state index contributed by atoms with van der Waals surface area (Å²) in [5.74, 6) is 1.38. The molecule has 0 atom stereocenters. The van der Waals surface area contributed by atoms with Crippen molar-refractivity contribution in [2.24, 2.45) is 0 Å². The van der Waals surface area contributed by atoms with E-state index in [-0.39, 0.29) is 0 Å². The lowest BCUT2D eigenvalue weighted by atomic mass is 10.4. The molecule has 1 heterocycles. The van der Waals surface area contributed by atoms with Crippen LogP contribution in [0, 0.1) is 0 Å². The summed E-state index contributed by atoms with van der Waals surface area (Å²) >= 11 is 6.18. The monoisotopic (exact) mass is 286 g/mol. The number of hydrogen-bond donors (Lipinski definition) is 1. The number of nitrogens with zero attached hydrogens (tertiary/aromatic N) is 3. The van der Waals surface area contributed by atoms with Gasteiger partial charge in [-0.25, -0.2) is 4.98 Å². The van der Waals surface area contributed by atoms with Crippen LogP contribution in [-0.2, 0) is 4.74 Å². The van der Waals surface area contributed by atoms with Gasteiger partial charge in [-0.05, 0) is 20.3 Å². The van der Waals surface area contributed by atoms with E-state index in [2.05, 4.69) is 34.0 Å². The molecule has 1 aromatic heterocycles. The summed E-state index contributed by atoms with van der Waals surface area (Å²) < 4.78 is 5.38. The van der Waals surface area contributed by atoms with E-state index < -0.39 is 0 Å². The van der Waals surface area contributed by atoms with Crippen molar-refractivity contribution in [1.29, 1.82) is 0 Å². The van der Waals surface area contributed by atoms with Gasteiger partial charge >= 0.3 is 0 Å². The number of anilines is 2. The molecule has 0 bridgehead atoms. The van der Waals surface area contributed by atoms with Crippen molar-refractivity contribution < 1.29 is 4.74 Å². The van der Waals surface area contributed by atoms with Crippen LogP contribution in [0.2, 0.25) is 5.02 Å². The summed E-state index contributed by atoms with van der Waals surface area (Å²) in [6.07, 6.45) is 2.67. The third-order valence-corrected chi connectivity index (χ3v) is 2.92. The van der Waals surface area contributed by atoms with E-state index in [0.29, 0.717) is 17.6 Å². The molecule has 0 aromatic carbocycles. The fraction of sp³-hybridized carbons (Fsp3) is 0.692. The molecule has 1 aromatic rings. The maximum absolute atomic E-state index is 6.18. The van der Waals surface area contributed by atoms with Gasteiger partial charge in [0, 0.05) is 26.2 Å². The number of likely N-dealkylation sites (N-methyl/N-ethyl adjacent to an activating group) is 1. The van der Waals surface area contributed by atoms with Gasteiger partial charge in [0.1, 0.15) is 5.02 Å². The number of hydrogen-bond acceptors (Lipinski definition) is 5. The molecule has 0 amide bonds. The van der Waals surface area contributed by atoms with Crippen LogP contribution in [0.1, 0.15) is 27.2 Å². The van der Waals surface area contributed by atoms with Crippen molar-refractivity contribution in [2.75, 3.05) is 43.1 Å². The van der Waals surface area contributed by atoms with Crippen LogP contribution >= 0.6 is 11.6 Å². The van der Waals surface area contributed by atoms with Gasteiger partial charge in [0.15, 0.2) is 5.82 Å². The maximum atomic E-state index is 6.18. The molecule has 0 fully saturated rings. The molecule has 19 heavy (non-hydrogen) atoms. The Bertz CT molecular complexity index is 376. The second kappa shape index (κ2) is 8.93. The zero-order chi connectivity index (χ0) is 14.1. The minimum absolute atomic E-state index is 0.570. The molecular weight excluding hydrogens is 264 g/mol. The molecule has 0 aliphatic rings. The molecule has 0 aliphatic carbocycles. The molecule has 0 saturated heterocycles. The van der Waals surface area contributed by atoms with Crippen molar-refractivity contribution >= 4 is 23.4 Å². The Kier molecular flexibility index (Phi) is 7.52. The smallest absolute Gasteiger partial charge is 0.224 e. The molecule has 1 N–H and O–H groups in total. The van der Waals surface area contributed by atoms with Crippen molar-refractivity contribution in [3.05, 3.63) is 11.2 Å². The first-order chi connectivity index (χ1) is 9.22. The van der Waals surface area contributed by atoms with E-state index in [4.69, 9.17) is 16.3 Å². The maximum Gasteiger partial charge on any atom is 0.224 e. The molecule has 0 radical (unpaired) electrons. The van der Waals surface area contributed by atoms with Crippen LogP contribution < -0.4 is 10.2 Å². The lowest BCUT2D eigenvalue weighted by molar-refractivity contribution is 0.154. The van der Waals surface area contributed by atoms with Gasteiger partial charge in [-0.1, -0.05) is 18.5 Å². The van der Waals surface area contributed by atoms with Gasteiger partial charge < -0.3 is 15.0 Å². The van der Waals surface area contributed by atoms with Crippen molar-refractivity contribution in [3.8, 4) is 0 Å². The Labute approximate surface area is 120 Å². The van der Waals surface area contributed by atoms with E-state index in [1.54, 1.807) is 6.20 Å². The Morgan fingerprint density at radius 3 is 2.79 bits per heavy atom. The quantitative estimate of drug-likeness (QED) is 0.708. The average Bonchev–Trinajstić information content (AvgIpc) is 2.43. The fourth-order valence-electron chi connectivity index (χ4n) is 1.63. The third kappa shape index (κ3) is 5.20. The lowest BCUT2D eigenvalue weighted by Crippen LogP contribution is -2.28. The third-order valence-electron chi connectivity index (χ3n) is 2.65. The van der Waals surface area contributed by atoms with Gasteiger partial charge in [0.05, 0.1) is 12.8 Å². The van der Waals surface area contributed by atoms with Crippen LogP contribution in [0.4, 0.5) is 11.8 Å². The minimum atomic E-state index is 0.570. The Balaban J connectivity index is 2.76. The van der Waals surface area contributed by atoms with E-state index in [1.165, 1.54) is 0 Å². The number of ether oxygens (including phenoxy) is 1. The number of rotatable bonds is 9. The van der Waals surface area contributed by atoms with E-state index >= 15 is 0 Å². The zero-order valence-electron chi connectivity index (χ0n) is 11.9. The first-order valence-corrected chi connectivity index (χ1v) is 7.19. The molecule has 6 heteroatoms. The Hall–Kier alpha value is -1.07.